The molecular weight excluding hydrogens is 458 g/mol. The topological polar surface area (TPSA) is 66.4 Å². The molecule has 0 spiro atoms. The molecule has 0 aliphatic rings. The summed E-state index contributed by atoms with van der Waals surface area (Å²) in [5.41, 5.74) is 0.948. The quantitative estimate of drug-likeness (QED) is 0.156. The Morgan fingerprint density at radius 1 is 0.676 bits per heavy atom. The van der Waals surface area contributed by atoms with Gasteiger partial charge in [0.15, 0.2) is 0 Å². The number of fused-ring (bicyclic) bond motifs is 1. The Balaban J connectivity index is 1.47. The second-order valence-corrected chi connectivity index (χ2v) is 10.7. The second kappa shape index (κ2) is 19.7. The number of carbonyl (C=O) groups excluding carboxylic acids is 1. The fourth-order valence-corrected chi connectivity index (χ4v) is 5.17. The van der Waals surface area contributed by atoms with Crippen molar-refractivity contribution in [1.29, 1.82) is 0 Å². The summed E-state index contributed by atoms with van der Waals surface area (Å²) in [6.07, 6.45) is 22.9. The van der Waals surface area contributed by atoms with Crippen LogP contribution in [0.25, 0.3) is 10.8 Å². The van der Waals surface area contributed by atoms with Gasteiger partial charge in [0.05, 0.1) is 0 Å². The van der Waals surface area contributed by atoms with Crippen LogP contribution in [-0.2, 0) is 16.0 Å². The van der Waals surface area contributed by atoms with Crippen LogP contribution in [-0.4, -0.2) is 23.0 Å². The summed E-state index contributed by atoms with van der Waals surface area (Å²) in [4.78, 5) is 24.2. The van der Waals surface area contributed by atoms with Crippen molar-refractivity contribution in [1.82, 2.24) is 5.32 Å². The Kier molecular flexibility index (Phi) is 16.4. The van der Waals surface area contributed by atoms with E-state index in [-0.39, 0.29) is 5.91 Å². The Labute approximate surface area is 225 Å². The molecule has 2 N–H and O–H groups in total. The zero-order valence-corrected chi connectivity index (χ0v) is 23.3. The Hall–Kier alpha value is -2.36. The van der Waals surface area contributed by atoms with Crippen LogP contribution in [0.1, 0.15) is 128 Å². The SMILES string of the molecule is CCCCCCCCCCCCCCCCCCCC(=O)NC(Cc1cccc2ccccc12)C(=O)O. The first-order chi connectivity index (χ1) is 18.1. The van der Waals surface area contributed by atoms with Crippen LogP contribution < -0.4 is 5.32 Å². The Morgan fingerprint density at radius 2 is 1.16 bits per heavy atom. The number of benzene rings is 2. The molecule has 0 aliphatic heterocycles. The minimum Gasteiger partial charge on any atom is -0.480 e. The molecule has 1 atom stereocenters. The highest BCUT2D eigenvalue weighted by Crippen LogP contribution is 2.20. The third-order valence-corrected chi connectivity index (χ3v) is 7.44. The van der Waals surface area contributed by atoms with E-state index in [4.69, 9.17) is 0 Å². The highest BCUT2D eigenvalue weighted by Gasteiger charge is 2.21. The van der Waals surface area contributed by atoms with Gasteiger partial charge in [-0.05, 0) is 22.8 Å². The summed E-state index contributed by atoms with van der Waals surface area (Å²) in [7, 11) is 0. The minimum absolute atomic E-state index is 0.159. The molecule has 206 valence electrons. The maximum absolute atomic E-state index is 12.4. The van der Waals surface area contributed by atoms with E-state index in [1.54, 1.807) is 0 Å². The van der Waals surface area contributed by atoms with E-state index < -0.39 is 12.0 Å². The maximum Gasteiger partial charge on any atom is 0.326 e. The number of carboxylic acids is 1. The number of rotatable bonds is 22. The molecule has 0 aliphatic carbocycles. The fourth-order valence-electron chi connectivity index (χ4n) is 5.17. The summed E-state index contributed by atoms with van der Waals surface area (Å²) in [5, 5.41) is 14.5. The van der Waals surface area contributed by atoms with Crippen molar-refractivity contribution in [2.45, 2.75) is 135 Å². The van der Waals surface area contributed by atoms with Gasteiger partial charge in [0.1, 0.15) is 6.04 Å². The molecule has 0 bridgehead atoms. The van der Waals surface area contributed by atoms with Crippen molar-refractivity contribution in [3.8, 4) is 0 Å². The van der Waals surface area contributed by atoms with Gasteiger partial charge in [-0.15, -0.1) is 0 Å². The van der Waals surface area contributed by atoms with Crippen LogP contribution in [0.5, 0.6) is 0 Å². The van der Waals surface area contributed by atoms with Gasteiger partial charge in [0, 0.05) is 12.8 Å². The van der Waals surface area contributed by atoms with E-state index in [2.05, 4.69) is 12.2 Å². The van der Waals surface area contributed by atoms with Crippen molar-refractivity contribution >= 4 is 22.6 Å². The van der Waals surface area contributed by atoms with Gasteiger partial charge in [-0.25, -0.2) is 4.79 Å². The average Bonchev–Trinajstić information content (AvgIpc) is 2.90. The first-order valence-electron chi connectivity index (χ1n) is 15.1. The van der Waals surface area contributed by atoms with Gasteiger partial charge in [0.2, 0.25) is 5.91 Å². The van der Waals surface area contributed by atoms with Gasteiger partial charge in [-0.1, -0.05) is 152 Å². The lowest BCUT2D eigenvalue weighted by molar-refractivity contribution is -0.141. The standard InChI is InChI=1S/C33H51NO3/c1-2-3-4-5-6-7-8-9-10-11-12-13-14-15-16-17-18-26-32(35)34-31(33(36)37)27-29-24-21-23-28-22-19-20-25-30(28)29/h19-25,31H,2-18,26-27H2,1H3,(H,34,35)(H,36,37). The molecule has 0 aromatic heterocycles. The summed E-state index contributed by atoms with van der Waals surface area (Å²) in [6.45, 7) is 2.27. The zero-order chi connectivity index (χ0) is 26.6. The number of carboxylic acid groups (broad SMARTS) is 1. The van der Waals surface area contributed by atoms with Crippen LogP contribution in [0.15, 0.2) is 42.5 Å². The number of nitrogens with one attached hydrogen (secondary N) is 1. The number of hydrogen-bond donors (Lipinski definition) is 2. The highest BCUT2D eigenvalue weighted by atomic mass is 16.4. The van der Waals surface area contributed by atoms with Gasteiger partial charge >= 0.3 is 5.97 Å². The predicted octanol–water partition coefficient (Wildman–Crippen LogP) is 8.99. The zero-order valence-electron chi connectivity index (χ0n) is 23.3. The van der Waals surface area contributed by atoms with E-state index in [0.717, 1.165) is 35.6 Å². The van der Waals surface area contributed by atoms with E-state index in [9.17, 15) is 14.7 Å². The first-order valence-corrected chi connectivity index (χ1v) is 15.1. The molecular formula is C33H51NO3. The predicted molar refractivity (Wildman–Crippen MR) is 156 cm³/mol. The Bertz CT molecular complexity index is 889. The molecule has 0 heterocycles. The van der Waals surface area contributed by atoms with Crippen LogP contribution in [0, 0.1) is 0 Å². The molecule has 4 nitrogen and oxygen atoms in total. The lowest BCUT2D eigenvalue weighted by atomic mass is 9.98. The third-order valence-electron chi connectivity index (χ3n) is 7.44. The normalized spacial score (nSPS) is 12.0. The van der Waals surface area contributed by atoms with Gasteiger partial charge in [-0.2, -0.15) is 0 Å². The van der Waals surface area contributed by atoms with Crippen LogP contribution in [0.4, 0.5) is 0 Å². The van der Waals surface area contributed by atoms with Crippen molar-refractivity contribution < 1.29 is 14.7 Å². The molecule has 0 saturated heterocycles. The Morgan fingerprint density at radius 3 is 1.70 bits per heavy atom. The number of carbonyl (C=O) groups is 2. The molecule has 2 aromatic rings. The largest absolute Gasteiger partial charge is 0.480 e. The van der Waals surface area contributed by atoms with Gasteiger partial charge in [0.25, 0.3) is 0 Å². The molecule has 2 rings (SSSR count). The van der Waals surface area contributed by atoms with Crippen LogP contribution in [0.3, 0.4) is 0 Å². The van der Waals surface area contributed by atoms with Crippen LogP contribution >= 0.6 is 0 Å². The molecule has 1 unspecified atom stereocenters. The van der Waals surface area contributed by atoms with Crippen molar-refractivity contribution in [2.75, 3.05) is 0 Å². The molecule has 0 saturated carbocycles. The third kappa shape index (κ3) is 13.7. The molecule has 4 heteroatoms. The number of unbranched alkanes of at least 4 members (excludes halogenated alkanes) is 16. The van der Waals surface area contributed by atoms with Crippen molar-refractivity contribution in [2.24, 2.45) is 0 Å². The first kappa shape index (κ1) is 30.9. The lowest BCUT2D eigenvalue weighted by Gasteiger charge is -2.16. The van der Waals surface area contributed by atoms with Crippen LogP contribution in [0.2, 0.25) is 0 Å². The summed E-state index contributed by atoms with van der Waals surface area (Å²) >= 11 is 0. The molecule has 0 radical (unpaired) electrons. The number of hydrogen-bond acceptors (Lipinski definition) is 2. The minimum atomic E-state index is -0.983. The summed E-state index contributed by atoms with van der Waals surface area (Å²) in [6, 6.07) is 13.0. The molecule has 37 heavy (non-hydrogen) atoms. The average molecular weight is 510 g/mol. The second-order valence-electron chi connectivity index (χ2n) is 10.7. The van der Waals surface area contributed by atoms with E-state index in [1.807, 2.05) is 42.5 Å². The molecule has 2 aromatic carbocycles. The van der Waals surface area contributed by atoms with E-state index >= 15 is 0 Å². The van der Waals surface area contributed by atoms with Crippen molar-refractivity contribution in [3.05, 3.63) is 48.0 Å². The molecule has 1 amide bonds. The van der Waals surface area contributed by atoms with E-state index in [0.29, 0.717) is 12.8 Å². The number of aliphatic carboxylic acids is 1. The number of amides is 1. The highest BCUT2D eigenvalue weighted by molar-refractivity contribution is 5.88. The van der Waals surface area contributed by atoms with Crippen molar-refractivity contribution in [3.63, 3.8) is 0 Å². The smallest absolute Gasteiger partial charge is 0.326 e. The summed E-state index contributed by atoms with van der Waals surface area (Å²) < 4.78 is 0. The van der Waals surface area contributed by atoms with Gasteiger partial charge in [-0.3, -0.25) is 4.79 Å². The fraction of sp³-hybridized carbons (Fsp3) is 0.636. The lowest BCUT2D eigenvalue weighted by Crippen LogP contribution is -2.42. The van der Waals surface area contributed by atoms with E-state index in [1.165, 1.54) is 89.9 Å². The van der Waals surface area contributed by atoms with Gasteiger partial charge < -0.3 is 10.4 Å². The summed E-state index contributed by atoms with van der Waals surface area (Å²) in [5.74, 6) is -1.14. The monoisotopic (exact) mass is 509 g/mol. The maximum atomic E-state index is 12.4. The molecule has 0 fully saturated rings.